The predicted molar refractivity (Wildman–Crippen MR) is 71.6 cm³/mol. The SMILES string of the molecule is CNCCc1cn(Cc2ccn(C(C)C)n2)cn1. The first-order valence-corrected chi connectivity index (χ1v) is 6.38. The highest BCUT2D eigenvalue weighted by atomic mass is 15.3. The number of aromatic nitrogens is 4. The van der Waals surface area contributed by atoms with Gasteiger partial charge < -0.3 is 9.88 Å². The molecule has 0 spiro atoms. The molecule has 0 amide bonds. The zero-order chi connectivity index (χ0) is 13.0. The van der Waals surface area contributed by atoms with Crippen LogP contribution in [-0.4, -0.2) is 32.9 Å². The molecule has 0 bridgehead atoms. The summed E-state index contributed by atoms with van der Waals surface area (Å²) in [5.41, 5.74) is 2.19. The molecule has 5 nitrogen and oxygen atoms in total. The molecule has 5 heteroatoms. The highest BCUT2D eigenvalue weighted by Crippen LogP contribution is 2.06. The fraction of sp³-hybridized carbons (Fsp3) is 0.538. The van der Waals surface area contributed by atoms with E-state index in [1.807, 2.05) is 24.3 Å². The first-order chi connectivity index (χ1) is 8.69. The van der Waals surface area contributed by atoms with Crippen LogP contribution in [0.25, 0.3) is 0 Å². The molecule has 0 fully saturated rings. The molecule has 2 heterocycles. The second-order valence-electron chi connectivity index (χ2n) is 4.77. The van der Waals surface area contributed by atoms with Crippen molar-refractivity contribution in [3.63, 3.8) is 0 Å². The van der Waals surface area contributed by atoms with Crippen LogP contribution in [0.1, 0.15) is 31.3 Å². The Hall–Kier alpha value is -1.62. The van der Waals surface area contributed by atoms with Crippen molar-refractivity contribution >= 4 is 0 Å². The summed E-state index contributed by atoms with van der Waals surface area (Å²) in [6.45, 7) is 6.00. The predicted octanol–water partition coefficient (Wildman–Crippen LogP) is 1.47. The molecule has 2 rings (SSSR count). The Morgan fingerprint density at radius 1 is 1.33 bits per heavy atom. The molecule has 0 saturated heterocycles. The molecule has 0 aromatic carbocycles. The molecule has 0 atom stereocenters. The van der Waals surface area contributed by atoms with E-state index in [9.17, 15) is 0 Å². The molecule has 0 unspecified atom stereocenters. The van der Waals surface area contributed by atoms with Crippen molar-refractivity contribution in [1.82, 2.24) is 24.6 Å². The first-order valence-electron chi connectivity index (χ1n) is 6.38. The van der Waals surface area contributed by atoms with Crippen LogP contribution in [0.5, 0.6) is 0 Å². The van der Waals surface area contributed by atoms with Crippen molar-refractivity contribution in [1.29, 1.82) is 0 Å². The lowest BCUT2D eigenvalue weighted by molar-refractivity contribution is 0.523. The minimum atomic E-state index is 0.410. The molecule has 0 aliphatic heterocycles. The van der Waals surface area contributed by atoms with E-state index in [4.69, 9.17) is 0 Å². The van der Waals surface area contributed by atoms with Gasteiger partial charge in [0.1, 0.15) is 0 Å². The van der Waals surface area contributed by atoms with E-state index in [2.05, 4.69) is 46.1 Å². The maximum Gasteiger partial charge on any atom is 0.0953 e. The monoisotopic (exact) mass is 247 g/mol. The van der Waals surface area contributed by atoms with Crippen molar-refractivity contribution in [2.24, 2.45) is 0 Å². The van der Waals surface area contributed by atoms with Gasteiger partial charge in [-0.15, -0.1) is 0 Å². The smallest absolute Gasteiger partial charge is 0.0953 e. The summed E-state index contributed by atoms with van der Waals surface area (Å²) >= 11 is 0. The topological polar surface area (TPSA) is 47.7 Å². The van der Waals surface area contributed by atoms with E-state index >= 15 is 0 Å². The standard InChI is InChI=1S/C13H21N5/c1-11(2)18-7-5-13(16-18)9-17-8-12(15-10-17)4-6-14-3/h5,7-8,10-11,14H,4,6,9H2,1-3H3. The molecule has 98 valence electrons. The summed E-state index contributed by atoms with van der Waals surface area (Å²) in [6.07, 6.45) is 6.95. The Kier molecular flexibility index (Phi) is 4.15. The summed E-state index contributed by atoms with van der Waals surface area (Å²) in [7, 11) is 1.95. The van der Waals surface area contributed by atoms with Crippen molar-refractivity contribution in [2.45, 2.75) is 32.9 Å². The van der Waals surface area contributed by atoms with E-state index < -0.39 is 0 Å². The van der Waals surface area contributed by atoms with Gasteiger partial charge in [-0.1, -0.05) is 0 Å². The lowest BCUT2D eigenvalue weighted by Crippen LogP contribution is -2.10. The lowest BCUT2D eigenvalue weighted by atomic mass is 10.3. The largest absolute Gasteiger partial charge is 0.331 e. The van der Waals surface area contributed by atoms with Gasteiger partial charge in [0, 0.05) is 31.4 Å². The van der Waals surface area contributed by atoms with Gasteiger partial charge in [-0.2, -0.15) is 5.10 Å². The molecule has 2 aromatic rings. The van der Waals surface area contributed by atoms with Crippen LogP contribution in [0.15, 0.2) is 24.8 Å². The van der Waals surface area contributed by atoms with E-state index in [1.165, 1.54) is 0 Å². The summed E-state index contributed by atoms with van der Waals surface area (Å²) in [6, 6.07) is 2.47. The van der Waals surface area contributed by atoms with Crippen molar-refractivity contribution in [3.05, 3.63) is 36.2 Å². The number of nitrogens with zero attached hydrogens (tertiary/aromatic N) is 4. The third-order valence-corrected chi connectivity index (χ3v) is 2.86. The fourth-order valence-corrected chi connectivity index (χ4v) is 1.81. The van der Waals surface area contributed by atoms with Crippen LogP contribution < -0.4 is 5.32 Å². The highest BCUT2D eigenvalue weighted by Gasteiger charge is 2.04. The zero-order valence-electron chi connectivity index (χ0n) is 11.3. The highest BCUT2D eigenvalue weighted by molar-refractivity contribution is 5.04. The first kappa shape index (κ1) is 12.8. The average molecular weight is 247 g/mol. The van der Waals surface area contributed by atoms with E-state index in [1.54, 1.807) is 0 Å². The van der Waals surface area contributed by atoms with E-state index in [0.717, 1.165) is 30.9 Å². The minimum Gasteiger partial charge on any atom is -0.331 e. The number of hydrogen-bond acceptors (Lipinski definition) is 3. The molecule has 0 radical (unpaired) electrons. The van der Waals surface area contributed by atoms with Gasteiger partial charge in [-0.3, -0.25) is 4.68 Å². The second-order valence-corrected chi connectivity index (χ2v) is 4.77. The minimum absolute atomic E-state index is 0.410. The Bertz CT molecular complexity index is 483. The Morgan fingerprint density at radius 3 is 2.83 bits per heavy atom. The Morgan fingerprint density at radius 2 is 2.17 bits per heavy atom. The van der Waals surface area contributed by atoms with Crippen LogP contribution in [0.4, 0.5) is 0 Å². The number of nitrogens with one attached hydrogen (secondary N) is 1. The number of likely N-dealkylation sites (N-methyl/N-ethyl adjacent to an activating group) is 1. The Labute approximate surface area is 108 Å². The van der Waals surface area contributed by atoms with E-state index in [0.29, 0.717) is 6.04 Å². The van der Waals surface area contributed by atoms with Gasteiger partial charge in [-0.05, 0) is 27.0 Å². The van der Waals surface area contributed by atoms with Crippen molar-refractivity contribution in [2.75, 3.05) is 13.6 Å². The summed E-state index contributed by atoms with van der Waals surface area (Å²) in [5.74, 6) is 0. The fourth-order valence-electron chi connectivity index (χ4n) is 1.81. The lowest BCUT2D eigenvalue weighted by Gasteiger charge is -2.04. The third-order valence-electron chi connectivity index (χ3n) is 2.86. The van der Waals surface area contributed by atoms with Crippen LogP contribution in [0, 0.1) is 0 Å². The quantitative estimate of drug-likeness (QED) is 0.841. The van der Waals surface area contributed by atoms with E-state index in [-0.39, 0.29) is 0 Å². The average Bonchev–Trinajstić information content (AvgIpc) is 2.96. The third kappa shape index (κ3) is 3.20. The normalized spacial score (nSPS) is 11.3. The van der Waals surface area contributed by atoms with Crippen LogP contribution in [-0.2, 0) is 13.0 Å². The van der Waals surface area contributed by atoms with Gasteiger partial charge in [0.05, 0.1) is 24.3 Å². The van der Waals surface area contributed by atoms with Crippen molar-refractivity contribution < 1.29 is 0 Å². The van der Waals surface area contributed by atoms with Crippen LogP contribution in [0.2, 0.25) is 0 Å². The maximum atomic E-state index is 4.53. The summed E-state index contributed by atoms with van der Waals surface area (Å²) in [4.78, 5) is 4.38. The molecule has 0 saturated carbocycles. The summed E-state index contributed by atoms with van der Waals surface area (Å²) < 4.78 is 4.06. The van der Waals surface area contributed by atoms with Gasteiger partial charge in [-0.25, -0.2) is 4.98 Å². The maximum absolute atomic E-state index is 4.53. The molecule has 18 heavy (non-hydrogen) atoms. The van der Waals surface area contributed by atoms with Gasteiger partial charge >= 0.3 is 0 Å². The van der Waals surface area contributed by atoms with Gasteiger partial charge in [0.2, 0.25) is 0 Å². The zero-order valence-corrected chi connectivity index (χ0v) is 11.3. The molecule has 1 N–H and O–H groups in total. The molecule has 0 aliphatic rings. The number of imidazole rings is 1. The van der Waals surface area contributed by atoms with Crippen LogP contribution in [0.3, 0.4) is 0 Å². The van der Waals surface area contributed by atoms with Crippen LogP contribution >= 0.6 is 0 Å². The molecule has 0 aliphatic carbocycles. The number of hydrogen-bond donors (Lipinski definition) is 1. The van der Waals surface area contributed by atoms with Gasteiger partial charge in [0.25, 0.3) is 0 Å². The van der Waals surface area contributed by atoms with Crippen molar-refractivity contribution in [3.8, 4) is 0 Å². The number of rotatable bonds is 6. The molecular weight excluding hydrogens is 226 g/mol. The molecule has 2 aromatic heterocycles. The molecular formula is C13H21N5. The second kappa shape index (κ2) is 5.82. The Balaban J connectivity index is 1.97. The van der Waals surface area contributed by atoms with Gasteiger partial charge in [0.15, 0.2) is 0 Å². The summed E-state index contributed by atoms with van der Waals surface area (Å²) in [5, 5.41) is 7.66.